The maximum atomic E-state index is 12.0. The monoisotopic (exact) mass is 275 g/mol. The van der Waals surface area contributed by atoms with Crippen molar-refractivity contribution in [3.63, 3.8) is 0 Å². The highest BCUT2D eigenvalue weighted by molar-refractivity contribution is 5.92. The van der Waals surface area contributed by atoms with Crippen LogP contribution in [0.1, 0.15) is 43.1 Å². The van der Waals surface area contributed by atoms with E-state index in [4.69, 9.17) is 0 Å². The molecule has 5 nitrogen and oxygen atoms in total. The smallest absolute Gasteiger partial charge is 0.270 e. The van der Waals surface area contributed by atoms with E-state index in [0.29, 0.717) is 12.1 Å². The topological polar surface area (TPSA) is 62.3 Å². The number of carbonyl (C=O) groups excluding carboxylic acids is 2. The minimum Gasteiger partial charge on any atom is -0.348 e. The van der Waals surface area contributed by atoms with E-state index in [1.165, 1.54) is 0 Å². The van der Waals surface area contributed by atoms with Crippen molar-refractivity contribution in [2.45, 2.75) is 38.6 Å². The number of amides is 2. The molecule has 1 aliphatic heterocycles. The zero-order valence-electron chi connectivity index (χ0n) is 11.8. The van der Waals surface area contributed by atoms with Gasteiger partial charge in [0.05, 0.1) is 0 Å². The van der Waals surface area contributed by atoms with E-state index in [2.05, 4.69) is 10.3 Å². The zero-order chi connectivity index (χ0) is 14.4. The third-order valence-corrected chi connectivity index (χ3v) is 3.54. The number of piperidine rings is 1. The minimum absolute atomic E-state index is 0.134. The number of likely N-dealkylation sites (tertiary alicyclic amines) is 1. The lowest BCUT2D eigenvalue weighted by Crippen LogP contribution is -2.46. The molecule has 0 unspecified atom stereocenters. The quantitative estimate of drug-likeness (QED) is 0.908. The minimum atomic E-state index is -0.135. The highest BCUT2D eigenvalue weighted by Gasteiger charge is 2.23. The maximum absolute atomic E-state index is 12.0. The molecule has 0 atom stereocenters. The Kier molecular flexibility index (Phi) is 5.09. The second kappa shape index (κ2) is 7.03. The average molecular weight is 275 g/mol. The molecule has 1 saturated heterocycles. The Labute approximate surface area is 119 Å². The van der Waals surface area contributed by atoms with Crippen molar-refractivity contribution in [3.05, 3.63) is 30.1 Å². The van der Waals surface area contributed by atoms with Crippen LogP contribution in [0.4, 0.5) is 0 Å². The number of pyridine rings is 1. The predicted molar refractivity (Wildman–Crippen MR) is 76.2 cm³/mol. The average Bonchev–Trinajstić information content (AvgIpc) is 2.49. The van der Waals surface area contributed by atoms with Gasteiger partial charge in [-0.25, -0.2) is 0 Å². The summed E-state index contributed by atoms with van der Waals surface area (Å²) in [6.45, 7) is 3.47. The summed E-state index contributed by atoms with van der Waals surface area (Å²) in [7, 11) is 0. The second-order valence-electron chi connectivity index (χ2n) is 5.09. The molecule has 1 aromatic heterocycles. The number of rotatable bonds is 4. The Bertz CT molecular complexity index is 453. The van der Waals surface area contributed by atoms with Crippen LogP contribution in [-0.4, -0.2) is 40.8 Å². The lowest BCUT2D eigenvalue weighted by Gasteiger charge is -2.32. The van der Waals surface area contributed by atoms with Crippen LogP contribution in [0.3, 0.4) is 0 Å². The number of aromatic nitrogens is 1. The van der Waals surface area contributed by atoms with Crippen molar-refractivity contribution < 1.29 is 9.59 Å². The fourth-order valence-corrected chi connectivity index (χ4v) is 2.40. The van der Waals surface area contributed by atoms with E-state index >= 15 is 0 Å². The van der Waals surface area contributed by atoms with E-state index in [0.717, 1.165) is 32.4 Å². The number of hydrogen-bond acceptors (Lipinski definition) is 3. The predicted octanol–water partition coefficient (Wildman–Crippen LogP) is 1.60. The molecule has 1 aromatic rings. The van der Waals surface area contributed by atoms with Crippen LogP contribution in [0.5, 0.6) is 0 Å². The first kappa shape index (κ1) is 14.5. The lowest BCUT2D eigenvalue weighted by molar-refractivity contribution is -0.132. The van der Waals surface area contributed by atoms with Crippen LogP contribution in [0.15, 0.2) is 24.4 Å². The van der Waals surface area contributed by atoms with Crippen molar-refractivity contribution in [1.29, 1.82) is 0 Å². The van der Waals surface area contributed by atoms with Crippen molar-refractivity contribution in [1.82, 2.24) is 15.2 Å². The number of nitrogens with one attached hydrogen (secondary N) is 1. The van der Waals surface area contributed by atoms with Gasteiger partial charge in [-0.2, -0.15) is 0 Å². The van der Waals surface area contributed by atoms with Gasteiger partial charge in [0.25, 0.3) is 5.91 Å². The molecular weight excluding hydrogens is 254 g/mol. The fourth-order valence-electron chi connectivity index (χ4n) is 2.40. The van der Waals surface area contributed by atoms with Crippen molar-refractivity contribution in [2.75, 3.05) is 13.1 Å². The summed E-state index contributed by atoms with van der Waals surface area (Å²) in [5, 5.41) is 2.99. The molecule has 1 N–H and O–H groups in total. The van der Waals surface area contributed by atoms with Gasteiger partial charge in [0.2, 0.25) is 5.91 Å². The summed E-state index contributed by atoms with van der Waals surface area (Å²) in [6, 6.07) is 5.42. The van der Waals surface area contributed by atoms with Gasteiger partial charge in [-0.05, 0) is 31.4 Å². The molecule has 0 radical (unpaired) electrons. The molecule has 2 rings (SSSR count). The van der Waals surface area contributed by atoms with Crippen LogP contribution in [0.2, 0.25) is 0 Å². The molecule has 1 aliphatic rings. The third-order valence-electron chi connectivity index (χ3n) is 3.54. The summed E-state index contributed by atoms with van der Waals surface area (Å²) in [6.07, 6.45) is 4.74. The Morgan fingerprint density at radius 1 is 1.35 bits per heavy atom. The Morgan fingerprint density at radius 2 is 2.10 bits per heavy atom. The van der Waals surface area contributed by atoms with Gasteiger partial charge < -0.3 is 10.2 Å². The van der Waals surface area contributed by atoms with Gasteiger partial charge in [-0.1, -0.05) is 13.0 Å². The second-order valence-corrected chi connectivity index (χ2v) is 5.09. The molecule has 20 heavy (non-hydrogen) atoms. The van der Waals surface area contributed by atoms with E-state index < -0.39 is 0 Å². The highest BCUT2D eigenvalue weighted by atomic mass is 16.2. The molecule has 1 fully saturated rings. The summed E-state index contributed by atoms with van der Waals surface area (Å²) < 4.78 is 0. The number of carbonyl (C=O) groups is 2. The van der Waals surface area contributed by atoms with E-state index in [-0.39, 0.29) is 17.9 Å². The molecular formula is C15H21N3O2. The van der Waals surface area contributed by atoms with E-state index in [1.54, 1.807) is 24.4 Å². The van der Waals surface area contributed by atoms with Crippen LogP contribution in [0, 0.1) is 0 Å². The summed E-state index contributed by atoms with van der Waals surface area (Å²) in [5.74, 6) is 0.0888. The van der Waals surface area contributed by atoms with Crippen molar-refractivity contribution >= 4 is 11.8 Å². The SMILES string of the molecule is CCCC(=O)N1CCC(NC(=O)c2ccccn2)CC1. The summed E-state index contributed by atoms with van der Waals surface area (Å²) in [5.41, 5.74) is 0.442. The van der Waals surface area contributed by atoms with E-state index in [9.17, 15) is 9.59 Å². The van der Waals surface area contributed by atoms with E-state index in [1.807, 2.05) is 11.8 Å². The lowest BCUT2D eigenvalue weighted by atomic mass is 10.0. The van der Waals surface area contributed by atoms with Gasteiger partial charge in [0.15, 0.2) is 0 Å². The van der Waals surface area contributed by atoms with Crippen molar-refractivity contribution in [2.24, 2.45) is 0 Å². The molecule has 2 heterocycles. The first-order valence-electron chi connectivity index (χ1n) is 7.20. The molecule has 0 aromatic carbocycles. The zero-order valence-corrected chi connectivity index (χ0v) is 11.8. The van der Waals surface area contributed by atoms with Gasteiger partial charge in [0.1, 0.15) is 5.69 Å². The van der Waals surface area contributed by atoms with Crippen LogP contribution < -0.4 is 5.32 Å². The Hall–Kier alpha value is -1.91. The molecule has 0 saturated carbocycles. The van der Waals surface area contributed by atoms with Gasteiger partial charge in [0, 0.05) is 31.7 Å². The number of nitrogens with zero attached hydrogens (tertiary/aromatic N) is 2. The van der Waals surface area contributed by atoms with Crippen LogP contribution in [0.25, 0.3) is 0 Å². The van der Waals surface area contributed by atoms with Gasteiger partial charge in [-0.15, -0.1) is 0 Å². The normalized spacial score (nSPS) is 15.9. The molecule has 0 aliphatic carbocycles. The first-order valence-corrected chi connectivity index (χ1v) is 7.20. The number of hydrogen-bond donors (Lipinski definition) is 1. The molecule has 2 amide bonds. The molecule has 5 heteroatoms. The largest absolute Gasteiger partial charge is 0.348 e. The fraction of sp³-hybridized carbons (Fsp3) is 0.533. The van der Waals surface area contributed by atoms with Crippen LogP contribution >= 0.6 is 0 Å². The Balaban J connectivity index is 1.80. The van der Waals surface area contributed by atoms with Gasteiger partial charge in [-0.3, -0.25) is 14.6 Å². The summed E-state index contributed by atoms with van der Waals surface area (Å²) >= 11 is 0. The first-order chi connectivity index (χ1) is 9.70. The Morgan fingerprint density at radius 3 is 2.70 bits per heavy atom. The van der Waals surface area contributed by atoms with Crippen LogP contribution in [-0.2, 0) is 4.79 Å². The van der Waals surface area contributed by atoms with Gasteiger partial charge >= 0.3 is 0 Å². The molecule has 108 valence electrons. The van der Waals surface area contributed by atoms with Crippen molar-refractivity contribution in [3.8, 4) is 0 Å². The molecule has 0 spiro atoms. The highest BCUT2D eigenvalue weighted by Crippen LogP contribution is 2.12. The molecule has 0 bridgehead atoms. The summed E-state index contributed by atoms with van der Waals surface area (Å²) in [4.78, 5) is 29.7. The standard InChI is InChI=1S/C15H21N3O2/c1-2-5-14(19)18-10-7-12(8-11-18)17-15(20)13-6-3-4-9-16-13/h3-4,6,9,12H,2,5,7-8,10-11H2,1H3,(H,17,20). The maximum Gasteiger partial charge on any atom is 0.270 e. The third kappa shape index (κ3) is 3.79.